The standard InChI is InChI=1S/C11H14Cl2N2O2S/c12-9-1-2-10(13)11(5-9)18(16,17)15-4-3-8(6-14)7-15/h1-2,5,8H,3-4,6-7,14H2/t8-/m0/s1. The van der Waals surface area contributed by atoms with Crippen molar-refractivity contribution < 1.29 is 8.42 Å². The van der Waals surface area contributed by atoms with Crippen LogP contribution in [0.3, 0.4) is 0 Å². The van der Waals surface area contributed by atoms with Crippen molar-refractivity contribution in [2.75, 3.05) is 19.6 Å². The number of hydrogen-bond acceptors (Lipinski definition) is 3. The molecule has 18 heavy (non-hydrogen) atoms. The van der Waals surface area contributed by atoms with Gasteiger partial charge in [-0.25, -0.2) is 8.42 Å². The second kappa shape index (κ2) is 5.35. The van der Waals surface area contributed by atoms with Gasteiger partial charge in [-0.1, -0.05) is 23.2 Å². The van der Waals surface area contributed by atoms with Crippen LogP contribution in [-0.2, 0) is 10.0 Å². The van der Waals surface area contributed by atoms with E-state index in [0.29, 0.717) is 24.7 Å². The average Bonchev–Trinajstić information content (AvgIpc) is 2.81. The number of halogens is 2. The van der Waals surface area contributed by atoms with Crippen LogP contribution in [0.15, 0.2) is 23.1 Å². The highest BCUT2D eigenvalue weighted by Gasteiger charge is 2.33. The molecule has 7 heteroatoms. The summed E-state index contributed by atoms with van der Waals surface area (Å²) in [5.41, 5.74) is 5.56. The quantitative estimate of drug-likeness (QED) is 0.928. The van der Waals surface area contributed by atoms with Gasteiger partial charge >= 0.3 is 0 Å². The van der Waals surface area contributed by atoms with Gasteiger partial charge in [0, 0.05) is 18.1 Å². The van der Waals surface area contributed by atoms with Crippen molar-refractivity contribution in [1.82, 2.24) is 4.31 Å². The first-order valence-electron chi connectivity index (χ1n) is 5.60. The smallest absolute Gasteiger partial charge is 0.244 e. The third-order valence-electron chi connectivity index (χ3n) is 3.09. The lowest BCUT2D eigenvalue weighted by Gasteiger charge is -2.17. The fourth-order valence-electron chi connectivity index (χ4n) is 2.02. The van der Waals surface area contributed by atoms with Crippen molar-refractivity contribution >= 4 is 33.2 Å². The summed E-state index contributed by atoms with van der Waals surface area (Å²) in [4.78, 5) is 0.0642. The van der Waals surface area contributed by atoms with E-state index in [9.17, 15) is 8.42 Å². The Labute approximate surface area is 117 Å². The van der Waals surface area contributed by atoms with Gasteiger partial charge in [0.2, 0.25) is 10.0 Å². The molecule has 0 aliphatic carbocycles. The molecule has 1 aromatic carbocycles. The summed E-state index contributed by atoms with van der Waals surface area (Å²) in [5.74, 6) is 0.220. The van der Waals surface area contributed by atoms with Crippen molar-refractivity contribution in [3.63, 3.8) is 0 Å². The summed E-state index contributed by atoms with van der Waals surface area (Å²) in [6.45, 7) is 1.42. The molecule has 0 unspecified atom stereocenters. The number of nitrogens with zero attached hydrogens (tertiary/aromatic N) is 1. The summed E-state index contributed by atoms with van der Waals surface area (Å²) >= 11 is 11.8. The zero-order chi connectivity index (χ0) is 13.3. The Morgan fingerprint density at radius 3 is 2.72 bits per heavy atom. The maximum absolute atomic E-state index is 12.4. The Kier molecular flexibility index (Phi) is 4.18. The van der Waals surface area contributed by atoms with Crippen LogP contribution in [0.2, 0.25) is 10.0 Å². The second-order valence-electron chi connectivity index (χ2n) is 4.33. The molecular formula is C11H14Cl2N2O2S. The van der Waals surface area contributed by atoms with Gasteiger partial charge in [-0.3, -0.25) is 0 Å². The Hall–Kier alpha value is -0.330. The molecule has 0 bridgehead atoms. The summed E-state index contributed by atoms with van der Waals surface area (Å²) < 4.78 is 26.2. The largest absolute Gasteiger partial charge is 0.330 e. The molecule has 0 amide bonds. The van der Waals surface area contributed by atoms with Crippen molar-refractivity contribution in [3.05, 3.63) is 28.2 Å². The van der Waals surface area contributed by atoms with Crippen LogP contribution >= 0.6 is 23.2 Å². The van der Waals surface area contributed by atoms with E-state index in [4.69, 9.17) is 28.9 Å². The van der Waals surface area contributed by atoms with Crippen molar-refractivity contribution in [2.24, 2.45) is 11.7 Å². The molecule has 1 aliphatic heterocycles. The minimum Gasteiger partial charge on any atom is -0.330 e. The molecule has 0 saturated carbocycles. The Balaban J connectivity index is 2.34. The van der Waals surface area contributed by atoms with Gasteiger partial charge in [0.25, 0.3) is 0 Å². The molecule has 0 aromatic heterocycles. The third-order valence-corrected chi connectivity index (χ3v) is 5.67. The van der Waals surface area contributed by atoms with Gasteiger partial charge in [0.15, 0.2) is 0 Å². The Morgan fingerprint density at radius 2 is 2.11 bits per heavy atom. The molecule has 2 N–H and O–H groups in total. The first kappa shape index (κ1) is 14.1. The first-order valence-corrected chi connectivity index (χ1v) is 7.80. The van der Waals surface area contributed by atoms with E-state index in [-0.39, 0.29) is 15.8 Å². The molecular weight excluding hydrogens is 295 g/mol. The highest BCUT2D eigenvalue weighted by Crippen LogP contribution is 2.30. The number of nitrogens with two attached hydrogens (primary N) is 1. The van der Waals surface area contributed by atoms with Crippen LogP contribution in [0, 0.1) is 5.92 Å². The molecule has 1 fully saturated rings. The molecule has 0 spiro atoms. The SMILES string of the molecule is NC[C@@H]1CCN(S(=O)(=O)c2cc(Cl)ccc2Cl)C1. The average molecular weight is 309 g/mol. The van der Waals surface area contributed by atoms with Crippen LogP contribution in [-0.4, -0.2) is 32.4 Å². The lowest BCUT2D eigenvalue weighted by atomic mass is 10.1. The second-order valence-corrected chi connectivity index (χ2v) is 7.08. The van der Waals surface area contributed by atoms with Gasteiger partial charge in [-0.05, 0) is 37.1 Å². The molecule has 1 aliphatic rings. The fraction of sp³-hybridized carbons (Fsp3) is 0.455. The van der Waals surface area contributed by atoms with E-state index >= 15 is 0 Å². The predicted molar refractivity (Wildman–Crippen MR) is 72.4 cm³/mol. The third kappa shape index (κ3) is 2.65. The van der Waals surface area contributed by atoms with Crippen LogP contribution in [0.25, 0.3) is 0 Å². The number of sulfonamides is 1. The summed E-state index contributed by atoms with van der Waals surface area (Å²) in [5, 5.41) is 0.545. The topological polar surface area (TPSA) is 63.4 Å². The number of hydrogen-bond donors (Lipinski definition) is 1. The maximum Gasteiger partial charge on any atom is 0.244 e. The lowest BCUT2D eigenvalue weighted by Crippen LogP contribution is -2.30. The van der Waals surface area contributed by atoms with Crippen molar-refractivity contribution in [3.8, 4) is 0 Å². The molecule has 100 valence electrons. The molecule has 0 radical (unpaired) electrons. The molecule has 2 rings (SSSR count). The zero-order valence-corrected chi connectivity index (χ0v) is 12.0. The van der Waals surface area contributed by atoms with Crippen molar-refractivity contribution in [1.29, 1.82) is 0 Å². The normalized spacial score (nSPS) is 21.4. The number of rotatable bonds is 3. The monoisotopic (exact) mass is 308 g/mol. The van der Waals surface area contributed by atoms with Gasteiger partial charge in [-0.2, -0.15) is 4.31 Å². The van der Waals surface area contributed by atoms with E-state index in [1.165, 1.54) is 16.4 Å². The van der Waals surface area contributed by atoms with Crippen molar-refractivity contribution in [2.45, 2.75) is 11.3 Å². The summed E-state index contributed by atoms with van der Waals surface area (Å²) in [7, 11) is -3.57. The van der Waals surface area contributed by atoms with Gasteiger partial charge in [-0.15, -0.1) is 0 Å². The van der Waals surface area contributed by atoms with Gasteiger partial charge < -0.3 is 5.73 Å². The van der Waals surface area contributed by atoms with E-state index in [1.54, 1.807) is 6.07 Å². The highest BCUT2D eigenvalue weighted by atomic mass is 35.5. The molecule has 1 saturated heterocycles. The molecule has 1 heterocycles. The highest BCUT2D eigenvalue weighted by molar-refractivity contribution is 7.89. The van der Waals surface area contributed by atoms with Crippen LogP contribution in [0.4, 0.5) is 0 Å². The lowest BCUT2D eigenvalue weighted by molar-refractivity contribution is 0.459. The Bertz CT molecular complexity index is 548. The first-order chi connectivity index (χ1) is 8.45. The molecule has 1 atom stereocenters. The van der Waals surface area contributed by atoms with Crippen LogP contribution in [0.1, 0.15) is 6.42 Å². The summed E-state index contributed by atoms with van der Waals surface area (Å²) in [6, 6.07) is 4.44. The van der Waals surface area contributed by atoms with E-state index in [1.807, 2.05) is 0 Å². The van der Waals surface area contributed by atoms with E-state index in [2.05, 4.69) is 0 Å². The molecule has 1 aromatic rings. The zero-order valence-electron chi connectivity index (χ0n) is 9.64. The van der Waals surface area contributed by atoms with Crippen LogP contribution < -0.4 is 5.73 Å². The predicted octanol–water partition coefficient (Wildman–Crippen LogP) is 1.96. The maximum atomic E-state index is 12.4. The molecule has 4 nitrogen and oxygen atoms in total. The minimum absolute atomic E-state index is 0.0642. The fourth-order valence-corrected chi connectivity index (χ4v) is 4.29. The van der Waals surface area contributed by atoms with Crippen LogP contribution in [0.5, 0.6) is 0 Å². The number of benzene rings is 1. The van der Waals surface area contributed by atoms with Gasteiger partial charge in [0.05, 0.1) is 5.02 Å². The van der Waals surface area contributed by atoms with Gasteiger partial charge in [0.1, 0.15) is 4.90 Å². The Morgan fingerprint density at radius 1 is 1.39 bits per heavy atom. The van der Waals surface area contributed by atoms with E-state index in [0.717, 1.165) is 6.42 Å². The van der Waals surface area contributed by atoms with E-state index < -0.39 is 10.0 Å². The minimum atomic E-state index is -3.57. The summed E-state index contributed by atoms with van der Waals surface area (Å²) in [6.07, 6.45) is 0.786.